The molecule has 2 amide bonds. The number of amides is 2. The van der Waals surface area contributed by atoms with Crippen LogP contribution in [0.25, 0.3) is 0 Å². The second-order valence-electron chi connectivity index (χ2n) is 8.21. The van der Waals surface area contributed by atoms with Crippen molar-refractivity contribution in [3.05, 3.63) is 59.7 Å². The minimum Gasteiger partial charge on any atom is -0.508 e. The zero-order chi connectivity index (χ0) is 23.1. The number of carbonyl (C=O) groups excluding carboxylic acids is 3. The lowest BCUT2D eigenvalue weighted by Crippen LogP contribution is -2.49. The van der Waals surface area contributed by atoms with Gasteiger partial charge < -0.3 is 20.1 Å². The molecule has 0 aromatic heterocycles. The quantitative estimate of drug-likeness (QED) is 0.617. The van der Waals surface area contributed by atoms with Gasteiger partial charge in [-0.3, -0.25) is 14.4 Å². The minimum absolute atomic E-state index is 0.0217. The van der Waals surface area contributed by atoms with E-state index >= 15 is 0 Å². The Morgan fingerprint density at radius 3 is 2.28 bits per heavy atom. The van der Waals surface area contributed by atoms with Gasteiger partial charge in [-0.1, -0.05) is 29.8 Å². The van der Waals surface area contributed by atoms with E-state index in [9.17, 15) is 19.5 Å². The minimum atomic E-state index is -0.674. The fourth-order valence-corrected chi connectivity index (χ4v) is 3.64. The maximum atomic E-state index is 12.5. The van der Waals surface area contributed by atoms with Crippen molar-refractivity contribution in [2.45, 2.75) is 51.7 Å². The third-order valence-corrected chi connectivity index (χ3v) is 5.65. The topological polar surface area (TPSA) is 95.9 Å². The Hall–Kier alpha value is -3.35. The fourth-order valence-electron chi connectivity index (χ4n) is 3.64. The van der Waals surface area contributed by atoms with E-state index in [2.05, 4.69) is 5.32 Å². The molecule has 1 unspecified atom stereocenters. The standard InChI is InChI=1S/C25H30N2O5/c1-17-3-5-19(6-4-17)23(29)11-12-24(30)27-15-13-20(14-16-27)26-25(31)18(2)32-22-9-7-21(28)8-10-22/h3-10,18,20,28H,11-16H2,1-2H3,(H,26,31). The molecule has 7 nitrogen and oxygen atoms in total. The number of rotatable bonds is 8. The first-order valence-electron chi connectivity index (χ1n) is 11.0. The van der Waals surface area contributed by atoms with Crippen LogP contribution in [0.2, 0.25) is 0 Å². The first-order chi connectivity index (χ1) is 15.3. The highest BCUT2D eigenvalue weighted by Gasteiger charge is 2.26. The first-order valence-corrected chi connectivity index (χ1v) is 11.0. The Balaban J connectivity index is 1.38. The fraction of sp³-hybridized carbons (Fsp3) is 0.400. The van der Waals surface area contributed by atoms with Gasteiger partial charge in [-0.05, 0) is 51.0 Å². The van der Waals surface area contributed by atoms with E-state index in [1.54, 1.807) is 36.1 Å². The molecule has 1 aliphatic rings. The second kappa shape index (κ2) is 10.8. The SMILES string of the molecule is Cc1ccc(C(=O)CCC(=O)N2CCC(NC(=O)C(C)Oc3ccc(O)cc3)CC2)cc1. The Labute approximate surface area is 188 Å². The highest BCUT2D eigenvalue weighted by atomic mass is 16.5. The predicted molar refractivity (Wildman–Crippen MR) is 121 cm³/mol. The summed E-state index contributed by atoms with van der Waals surface area (Å²) in [6.45, 7) is 4.74. The van der Waals surface area contributed by atoms with Gasteiger partial charge in [0.2, 0.25) is 5.91 Å². The van der Waals surface area contributed by atoms with Gasteiger partial charge in [0.15, 0.2) is 11.9 Å². The summed E-state index contributed by atoms with van der Waals surface area (Å²) in [6, 6.07) is 13.6. The number of carbonyl (C=O) groups is 3. The van der Waals surface area contributed by atoms with Gasteiger partial charge in [-0.25, -0.2) is 0 Å². The Kier molecular flexibility index (Phi) is 7.87. The van der Waals surface area contributed by atoms with E-state index in [0.29, 0.717) is 37.2 Å². The lowest BCUT2D eigenvalue weighted by atomic mass is 10.0. The van der Waals surface area contributed by atoms with Gasteiger partial charge in [0.05, 0.1) is 0 Å². The summed E-state index contributed by atoms with van der Waals surface area (Å²) in [5.74, 6) is 0.371. The molecule has 3 rings (SSSR count). The molecular weight excluding hydrogens is 408 g/mol. The van der Waals surface area contributed by atoms with Crippen LogP contribution in [0.1, 0.15) is 48.5 Å². The average Bonchev–Trinajstić information content (AvgIpc) is 2.79. The molecule has 0 spiro atoms. The van der Waals surface area contributed by atoms with Crippen LogP contribution in [0.4, 0.5) is 0 Å². The van der Waals surface area contributed by atoms with E-state index in [1.165, 1.54) is 12.1 Å². The van der Waals surface area contributed by atoms with Crippen LogP contribution >= 0.6 is 0 Å². The zero-order valence-corrected chi connectivity index (χ0v) is 18.5. The highest BCUT2D eigenvalue weighted by molar-refractivity contribution is 5.98. The number of aromatic hydroxyl groups is 1. The predicted octanol–water partition coefficient (Wildman–Crippen LogP) is 3.24. The number of nitrogens with zero attached hydrogens (tertiary/aromatic N) is 1. The zero-order valence-electron chi connectivity index (χ0n) is 18.5. The normalized spacial score (nSPS) is 15.1. The summed E-state index contributed by atoms with van der Waals surface area (Å²) >= 11 is 0. The van der Waals surface area contributed by atoms with Crippen molar-refractivity contribution in [2.75, 3.05) is 13.1 Å². The molecule has 2 aromatic rings. The third kappa shape index (κ3) is 6.57. The Bertz CT molecular complexity index is 932. The first kappa shape index (κ1) is 23.3. The molecule has 170 valence electrons. The average molecular weight is 439 g/mol. The van der Waals surface area contributed by atoms with Crippen molar-refractivity contribution >= 4 is 17.6 Å². The number of phenols is 1. The van der Waals surface area contributed by atoms with E-state index in [-0.39, 0.29) is 42.2 Å². The molecule has 0 saturated carbocycles. The number of benzene rings is 2. The molecule has 1 aliphatic heterocycles. The molecule has 2 aromatic carbocycles. The molecule has 0 aliphatic carbocycles. The van der Waals surface area contributed by atoms with Gasteiger partial charge in [0, 0.05) is 37.5 Å². The van der Waals surface area contributed by atoms with Gasteiger partial charge in [-0.15, -0.1) is 0 Å². The van der Waals surface area contributed by atoms with Crippen molar-refractivity contribution < 1.29 is 24.2 Å². The van der Waals surface area contributed by atoms with Crippen molar-refractivity contribution in [3.63, 3.8) is 0 Å². The van der Waals surface area contributed by atoms with Gasteiger partial charge in [-0.2, -0.15) is 0 Å². The van der Waals surface area contributed by atoms with E-state index in [4.69, 9.17) is 4.74 Å². The van der Waals surface area contributed by atoms with Crippen molar-refractivity contribution in [1.29, 1.82) is 0 Å². The van der Waals surface area contributed by atoms with E-state index < -0.39 is 6.10 Å². The summed E-state index contributed by atoms with van der Waals surface area (Å²) in [6.07, 6.45) is 1.04. The maximum Gasteiger partial charge on any atom is 0.260 e. The van der Waals surface area contributed by atoms with Crippen LogP contribution in [0.3, 0.4) is 0 Å². The second-order valence-corrected chi connectivity index (χ2v) is 8.21. The number of nitrogens with one attached hydrogen (secondary N) is 1. The summed E-state index contributed by atoms with van der Waals surface area (Å²) in [5, 5.41) is 12.3. The molecular formula is C25H30N2O5. The molecule has 0 radical (unpaired) electrons. The molecule has 1 atom stereocenters. The molecule has 2 N–H and O–H groups in total. The van der Waals surface area contributed by atoms with E-state index in [0.717, 1.165) is 5.56 Å². The molecule has 1 saturated heterocycles. The smallest absolute Gasteiger partial charge is 0.260 e. The Morgan fingerprint density at radius 2 is 1.66 bits per heavy atom. The third-order valence-electron chi connectivity index (χ3n) is 5.65. The lowest BCUT2D eigenvalue weighted by molar-refractivity contribution is -0.132. The summed E-state index contributed by atoms with van der Waals surface area (Å²) in [4.78, 5) is 39.0. The number of phenolic OH excluding ortho intramolecular Hbond substituents is 1. The number of hydrogen-bond donors (Lipinski definition) is 2. The summed E-state index contributed by atoms with van der Waals surface area (Å²) in [7, 11) is 0. The van der Waals surface area contributed by atoms with Crippen LogP contribution < -0.4 is 10.1 Å². The molecule has 32 heavy (non-hydrogen) atoms. The Morgan fingerprint density at radius 1 is 1.03 bits per heavy atom. The van der Waals surface area contributed by atoms with Crippen molar-refractivity contribution in [3.8, 4) is 11.5 Å². The monoisotopic (exact) mass is 438 g/mol. The molecule has 1 fully saturated rings. The number of likely N-dealkylation sites (tertiary alicyclic amines) is 1. The number of aryl methyl sites for hydroxylation is 1. The van der Waals surface area contributed by atoms with Crippen LogP contribution in [0, 0.1) is 6.92 Å². The number of ether oxygens (including phenoxy) is 1. The van der Waals surface area contributed by atoms with Crippen molar-refractivity contribution in [2.24, 2.45) is 0 Å². The van der Waals surface area contributed by atoms with Crippen LogP contribution in [0.5, 0.6) is 11.5 Å². The molecule has 1 heterocycles. The largest absolute Gasteiger partial charge is 0.508 e. The maximum absolute atomic E-state index is 12.5. The highest BCUT2D eigenvalue weighted by Crippen LogP contribution is 2.18. The van der Waals surface area contributed by atoms with Gasteiger partial charge in [0.1, 0.15) is 11.5 Å². The van der Waals surface area contributed by atoms with Gasteiger partial charge >= 0.3 is 0 Å². The van der Waals surface area contributed by atoms with Gasteiger partial charge in [0.25, 0.3) is 5.91 Å². The number of Topliss-reactive ketones (excluding diaryl/α,β-unsaturated/α-hetero) is 1. The number of piperidine rings is 1. The number of ketones is 1. The molecule has 0 bridgehead atoms. The summed E-state index contributed by atoms with van der Waals surface area (Å²) < 4.78 is 5.61. The van der Waals surface area contributed by atoms with Crippen LogP contribution in [0.15, 0.2) is 48.5 Å². The molecule has 7 heteroatoms. The lowest BCUT2D eigenvalue weighted by Gasteiger charge is -2.33. The van der Waals surface area contributed by atoms with E-state index in [1.807, 2.05) is 19.1 Å². The van der Waals surface area contributed by atoms with Crippen LogP contribution in [-0.2, 0) is 9.59 Å². The number of hydrogen-bond acceptors (Lipinski definition) is 5. The summed E-state index contributed by atoms with van der Waals surface area (Å²) in [5.41, 5.74) is 1.72. The van der Waals surface area contributed by atoms with Crippen LogP contribution in [-0.4, -0.2) is 52.8 Å². The van der Waals surface area contributed by atoms with Crippen molar-refractivity contribution in [1.82, 2.24) is 10.2 Å².